The minimum atomic E-state index is -0.141. The summed E-state index contributed by atoms with van der Waals surface area (Å²) in [5.41, 5.74) is 2.97. The molecule has 0 aliphatic carbocycles. The van der Waals surface area contributed by atoms with Crippen LogP contribution in [0.3, 0.4) is 0 Å². The van der Waals surface area contributed by atoms with Gasteiger partial charge in [0.25, 0.3) is 0 Å². The van der Waals surface area contributed by atoms with Gasteiger partial charge in [-0.1, -0.05) is 35.0 Å². The first-order valence-electron chi connectivity index (χ1n) is 7.83. The average Bonchev–Trinajstić information content (AvgIpc) is 3.15. The van der Waals surface area contributed by atoms with Gasteiger partial charge in [-0.05, 0) is 24.3 Å². The molecule has 1 N–H and O–H groups in total. The molecule has 0 unspecified atom stereocenters. The summed E-state index contributed by atoms with van der Waals surface area (Å²) in [6, 6.07) is 13.1. The largest absolute Gasteiger partial charge is 0.356 e. The third kappa shape index (κ3) is 2.85. The summed E-state index contributed by atoms with van der Waals surface area (Å²) in [5.74, 6) is 0.596. The number of aryl methyl sites for hydroxylation is 1. The molecule has 1 amide bonds. The van der Waals surface area contributed by atoms with E-state index in [4.69, 9.17) is 16.1 Å². The molecule has 0 bridgehead atoms. The quantitative estimate of drug-likeness (QED) is 0.610. The van der Waals surface area contributed by atoms with Crippen LogP contribution in [0.5, 0.6) is 0 Å². The van der Waals surface area contributed by atoms with Gasteiger partial charge in [0.15, 0.2) is 5.58 Å². The van der Waals surface area contributed by atoms with E-state index in [0.717, 1.165) is 22.2 Å². The molecule has 0 atom stereocenters. The fourth-order valence-corrected chi connectivity index (χ4v) is 3.18. The summed E-state index contributed by atoms with van der Waals surface area (Å²) >= 11 is 6.22. The van der Waals surface area contributed by atoms with E-state index in [9.17, 15) is 4.79 Å². The van der Waals surface area contributed by atoms with Crippen molar-refractivity contribution in [1.82, 2.24) is 20.0 Å². The SMILES string of the molecule is Cn1c(CNC(=O)Cc2noc3ccccc23)nc2cccc(Cl)c21. The van der Waals surface area contributed by atoms with Gasteiger partial charge in [0.2, 0.25) is 5.91 Å². The predicted octanol–water partition coefficient (Wildman–Crippen LogP) is 3.23. The van der Waals surface area contributed by atoms with Crippen molar-refractivity contribution in [2.24, 2.45) is 7.05 Å². The summed E-state index contributed by atoms with van der Waals surface area (Å²) in [5, 5.41) is 8.35. The van der Waals surface area contributed by atoms with E-state index in [2.05, 4.69) is 15.5 Å². The van der Waals surface area contributed by atoms with Gasteiger partial charge in [0, 0.05) is 12.4 Å². The molecule has 2 aromatic carbocycles. The third-order valence-electron chi connectivity index (χ3n) is 4.16. The lowest BCUT2D eigenvalue weighted by Crippen LogP contribution is -2.26. The molecule has 4 aromatic rings. The van der Waals surface area contributed by atoms with E-state index in [-0.39, 0.29) is 12.3 Å². The zero-order valence-electron chi connectivity index (χ0n) is 13.5. The average molecular weight is 355 g/mol. The highest BCUT2D eigenvalue weighted by molar-refractivity contribution is 6.35. The number of carbonyl (C=O) groups is 1. The first-order valence-corrected chi connectivity index (χ1v) is 8.21. The van der Waals surface area contributed by atoms with Gasteiger partial charge >= 0.3 is 0 Å². The number of amides is 1. The lowest BCUT2D eigenvalue weighted by atomic mass is 10.1. The molecular weight excluding hydrogens is 340 g/mol. The van der Waals surface area contributed by atoms with E-state index >= 15 is 0 Å². The van der Waals surface area contributed by atoms with Crippen molar-refractivity contribution in [3.8, 4) is 0 Å². The minimum absolute atomic E-state index is 0.141. The Bertz CT molecular complexity index is 1080. The topological polar surface area (TPSA) is 73.0 Å². The van der Waals surface area contributed by atoms with Gasteiger partial charge in [-0.25, -0.2) is 4.98 Å². The molecule has 0 saturated heterocycles. The highest BCUT2D eigenvalue weighted by Crippen LogP contribution is 2.23. The maximum Gasteiger partial charge on any atom is 0.226 e. The molecule has 0 radical (unpaired) electrons. The van der Waals surface area contributed by atoms with Gasteiger partial charge in [0.1, 0.15) is 11.5 Å². The zero-order valence-corrected chi connectivity index (χ0v) is 14.2. The van der Waals surface area contributed by atoms with E-state index in [0.29, 0.717) is 22.8 Å². The van der Waals surface area contributed by atoms with Crippen molar-refractivity contribution in [3.63, 3.8) is 0 Å². The van der Waals surface area contributed by atoms with Gasteiger partial charge in [-0.15, -0.1) is 0 Å². The standard InChI is InChI=1S/C18H15ClN4O2/c1-23-16(21-13-7-4-6-12(19)18(13)23)10-20-17(24)9-14-11-5-2-3-8-15(11)25-22-14/h2-8H,9-10H2,1H3,(H,20,24). The van der Waals surface area contributed by atoms with E-state index in [1.165, 1.54) is 0 Å². The lowest BCUT2D eigenvalue weighted by molar-refractivity contribution is -0.120. The maximum atomic E-state index is 12.3. The Morgan fingerprint density at radius 1 is 1.24 bits per heavy atom. The number of imidazole rings is 1. The van der Waals surface area contributed by atoms with E-state index < -0.39 is 0 Å². The molecule has 0 aliphatic heterocycles. The molecule has 0 fully saturated rings. The molecule has 126 valence electrons. The molecule has 2 heterocycles. The molecule has 0 spiro atoms. The number of fused-ring (bicyclic) bond motifs is 2. The van der Waals surface area contributed by atoms with Crippen LogP contribution < -0.4 is 5.32 Å². The third-order valence-corrected chi connectivity index (χ3v) is 4.47. The highest BCUT2D eigenvalue weighted by Gasteiger charge is 2.14. The Hall–Kier alpha value is -2.86. The Labute approximate surface area is 148 Å². The second-order valence-corrected chi connectivity index (χ2v) is 6.18. The Balaban J connectivity index is 1.49. The van der Waals surface area contributed by atoms with Gasteiger partial charge in [-0.2, -0.15) is 0 Å². The number of aromatic nitrogens is 3. The van der Waals surface area contributed by atoms with Crippen molar-refractivity contribution in [2.45, 2.75) is 13.0 Å². The molecule has 0 saturated carbocycles. The monoisotopic (exact) mass is 354 g/mol. The van der Waals surface area contributed by atoms with Crippen molar-refractivity contribution in [2.75, 3.05) is 0 Å². The van der Waals surface area contributed by atoms with Crippen LogP contribution in [0.1, 0.15) is 11.5 Å². The second-order valence-electron chi connectivity index (χ2n) is 5.77. The first-order chi connectivity index (χ1) is 12.1. The van der Waals surface area contributed by atoms with Crippen molar-refractivity contribution >= 4 is 39.5 Å². The van der Waals surface area contributed by atoms with Crippen molar-refractivity contribution in [1.29, 1.82) is 0 Å². The summed E-state index contributed by atoms with van der Waals surface area (Å²) in [7, 11) is 1.88. The number of nitrogens with zero attached hydrogens (tertiary/aromatic N) is 3. The number of carbonyl (C=O) groups excluding carboxylic acids is 1. The van der Waals surface area contributed by atoms with Crippen LogP contribution in [-0.4, -0.2) is 20.6 Å². The lowest BCUT2D eigenvalue weighted by Gasteiger charge is -2.05. The predicted molar refractivity (Wildman–Crippen MR) is 95.3 cm³/mol. The van der Waals surface area contributed by atoms with Gasteiger partial charge in [-0.3, -0.25) is 4.79 Å². The van der Waals surface area contributed by atoms with Gasteiger partial charge < -0.3 is 14.4 Å². The molecule has 0 aliphatic rings. The Kier molecular flexibility index (Phi) is 3.89. The maximum absolute atomic E-state index is 12.3. The second kappa shape index (κ2) is 6.22. The van der Waals surface area contributed by atoms with Crippen molar-refractivity contribution < 1.29 is 9.32 Å². The van der Waals surface area contributed by atoms with Crippen LogP contribution >= 0.6 is 11.6 Å². The first kappa shape index (κ1) is 15.7. The minimum Gasteiger partial charge on any atom is -0.356 e. The Morgan fingerprint density at radius 2 is 2.08 bits per heavy atom. The number of nitrogens with one attached hydrogen (secondary N) is 1. The normalized spacial score (nSPS) is 11.3. The zero-order chi connectivity index (χ0) is 17.4. The van der Waals surface area contributed by atoms with E-state index in [1.54, 1.807) is 0 Å². The number of hydrogen-bond donors (Lipinski definition) is 1. The molecule has 6 nitrogen and oxygen atoms in total. The van der Waals surface area contributed by atoms with Crippen LogP contribution in [0.4, 0.5) is 0 Å². The summed E-state index contributed by atoms with van der Waals surface area (Å²) in [6.45, 7) is 0.316. The summed E-state index contributed by atoms with van der Waals surface area (Å²) < 4.78 is 7.12. The van der Waals surface area contributed by atoms with Gasteiger partial charge in [0.05, 0.1) is 29.0 Å². The smallest absolute Gasteiger partial charge is 0.226 e. The Morgan fingerprint density at radius 3 is 2.92 bits per heavy atom. The number of para-hydroxylation sites is 2. The van der Waals surface area contributed by atoms with Crippen LogP contribution in [0.25, 0.3) is 22.0 Å². The van der Waals surface area contributed by atoms with Crippen LogP contribution in [0, 0.1) is 0 Å². The number of rotatable bonds is 4. The fourth-order valence-electron chi connectivity index (χ4n) is 2.89. The molecule has 7 heteroatoms. The molecule has 2 aromatic heterocycles. The molecule has 4 rings (SSSR count). The molecular formula is C18H15ClN4O2. The highest BCUT2D eigenvalue weighted by atomic mass is 35.5. The van der Waals surface area contributed by atoms with Crippen LogP contribution in [0.2, 0.25) is 5.02 Å². The fraction of sp³-hybridized carbons (Fsp3) is 0.167. The number of benzene rings is 2. The van der Waals surface area contributed by atoms with Crippen LogP contribution in [-0.2, 0) is 24.8 Å². The summed E-state index contributed by atoms with van der Waals surface area (Å²) in [6.07, 6.45) is 0.154. The van der Waals surface area contributed by atoms with Crippen molar-refractivity contribution in [3.05, 3.63) is 59.0 Å². The number of halogens is 1. The number of hydrogen-bond acceptors (Lipinski definition) is 4. The van der Waals surface area contributed by atoms with Crippen LogP contribution in [0.15, 0.2) is 47.0 Å². The van der Waals surface area contributed by atoms with E-state index in [1.807, 2.05) is 54.1 Å². The summed E-state index contributed by atoms with van der Waals surface area (Å²) in [4.78, 5) is 16.8. The molecule has 25 heavy (non-hydrogen) atoms.